The van der Waals surface area contributed by atoms with Gasteiger partial charge in [-0.2, -0.15) is 0 Å². The van der Waals surface area contributed by atoms with Crippen LogP contribution in [-0.4, -0.2) is 25.5 Å². The lowest BCUT2D eigenvalue weighted by atomic mass is 10.1. The first-order valence-electron chi connectivity index (χ1n) is 4.76. The van der Waals surface area contributed by atoms with Crippen LogP contribution in [-0.2, 0) is 9.53 Å². The molecule has 0 spiro atoms. The standard InChI is InChI=1S/C11H10BrFO4/c1-3-17-11(15)10(14)8-7(16-2)5-4-6(12)9(8)13/h4-5H,3H2,1-2H3. The molecule has 92 valence electrons. The van der Waals surface area contributed by atoms with Crippen LogP contribution < -0.4 is 4.74 Å². The van der Waals surface area contributed by atoms with Crippen LogP contribution in [0.5, 0.6) is 5.75 Å². The largest absolute Gasteiger partial charge is 0.496 e. The second kappa shape index (κ2) is 5.77. The average molecular weight is 305 g/mol. The molecule has 0 fully saturated rings. The van der Waals surface area contributed by atoms with Crippen molar-refractivity contribution in [2.24, 2.45) is 0 Å². The first-order chi connectivity index (χ1) is 8.02. The molecule has 4 nitrogen and oxygen atoms in total. The van der Waals surface area contributed by atoms with Gasteiger partial charge in [-0.05, 0) is 35.0 Å². The first kappa shape index (κ1) is 13.6. The van der Waals surface area contributed by atoms with E-state index in [0.29, 0.717) is 0 Å². The van der Waals surface area contributed by atoms with Crippen molar-refractivity contribution in [2.45, 2.75) is 6.92 Å². The van der Waals surface area contributed by atoms with Crippen molar-refractivity contribution in [1.29, 1.82) is 0 Å². The zero-order valence-corrected chi connectivity index (χ0v) is 10.8. The third-order valence-electron chi connectivity index (χ3n) is 1.96. The number of methoxy groups -OCH3 is 1. The Morgan fingerprint density at radius 1 is 1.41 bits per heavy atom. The lowest BCUT2D eigenvalue weighted by Gasteiger charge is -2.09. The number of carbonyl (C=O) groups is 2. The monoisotopic (exact) mass is 304 g/mol. The summed E-state index contributed by atoms with van der Waals surface area (Å²) in [7, 11) is 1.28. The SMILES string of the molecule is CCOC(=O)C(=O)c1c(OC)ccc(Br)c1F. The van der Waals surface area contributed by atoms with Crippen molar-refractivity contribution in [3.63, 3.8) is 0 Å². The van der Waals surface area contributed by atoms with Crippen LogP contribution in [0.2, 0.25) is 0 Å². The Bertz CT molecular complexity index is 459. The molecule has 0 unspecified atom stereocenters. The van der Waals surface area contributed by atoms with Gasteiger partial charge in [-0.1, -0.05) is 0 Å². The van der Waals surface area contributed by atoms with E-state index < -0.39 is 23.1 Å². The van der Waals surface area contributed by atoms with Crippen LogP contribution in [0.25, 0.3) is 0 Å². The minimum atomic E-state index is -1.11. The van der Waals surface area contributed by atoms with Gasteiger partial charge in [0.2, 0.25) is 0 Å². The lowest BCUT2D eigenvalue weighted by Crippen LogP contribution is -2.19. The van der Waals surface area contributed by atoms with Gasteiger partial charge in [-0.3, -0.25) is 4.79 Å². The van der Waals surface area contributed by atoms with Gasteiger partial charge in [0.05, 0.1) is 18.2 Å². The van der Waals surface area contributed by atoms with E-state index in [-0.39, 0.29) is 16.8 Å². The summed E-state index contributed by atoms with van der Waals surface area (Å²) in [6.45, 7) is 1.60. The van der Waals surface area contributed by atoms with Gasteiger partial charge in [0, 0.05) is 0 Å². The van der Waals surface area contributed by atoms with Gasteiger partial charge in [0.1, 0.15) is 11.3 Å². The van der Waals surface area contributed by atoms with Gasteiger partial charge >= 0.3 is 5.97 Å². The van der Waals surface area contributed by atoms with Gasteiger partial charge < -0.3 is 9.47 Å². The van der Waals surface area contributed by atoms with E-state index in [2.05, 4.69) is 20.7 Å². The highest BCUT2D eigenvalue weighted by Crippen LogP contribution is 2.28. The van der Waals surface area contributed by atoms with Gasteiger partial charge in [-0.25, -0.2) is 9.18 Å². The fraction of sp³-hybridized carbons (Fsp3) is 0.273. The molecule has 1 aromatic carbocycles. The number of ketones is 1. The molecule has 0 aliphatic carbocycles. The number of benzene rings is 1. The first-order valence-corrected chi connectivity index (χ1v) is 5.55. The zero-order valence-electron chi connectivity index (χ0n) is 9.25. The molecule has 0 bridgehead atoms. The quantitative estimate of drug-likeness (QED) is 0.487. The molecule has 0 aliphatic heterocycles. The van der Waals surface area contributed by atoms with Crippen LogP contribution in [0.15, 0.2) is 16.6 Å². The number of ether oxygens (including phenoxy) is 2. The zero-order chi connectivity index (χ0) is 13.0. The average Bonchev–Trinajstić information content (AvgIpc) is 2.32. The smallest absolute Gasteiger partial charge is 0.379 e. The van der Waals surface area contributed by atoms with E-state index in [1.54, 1.807) is 6.92 Å². The number of hydrogen-bond donors (Lipinski definition) is 0. The molecule has 17 heavy (non-hydrogen) atoms. The molecular formula is C11H10BrFO4. The summed E-state index contributed by atoms with van der Waals surface area (Å²) in [5.74, 6) is -3.03. The van der Waals surface area contributed by atoms with Crippen LogP contribution in [0.4, 0.5) is 4.39 Å². The highest BCUT2D eigenvalue weighted by atomic mass is 79.9. The van der Waals surface area contributed by atoms with E-state index in [4.69, 9.17) is 4.74 Å². The number of carbonyl (C=O) groups excluding carboxylic acids is 2. The Morgan fingerprint density at radius 3 is 2.59 bits per heavy atom. The van der Waals surface area contributed by atoms with Crippen LogP contribution >= 0.6 is 15.9 Å². The Hall–Kier alpha value is -1.43. The Balaban J connectivity index is 3.24. The predicted molar refractivity (Wildman–Crippen MR) is 61.6 cm³/mol. The summed E-state index contributed by atoms with van der Waals surface area (Å²) < 4.78 is 23.2. The van der Waals surface area contributed by atoms with Crippen LogP contribution in [0, 0.1) is 5.82 Å². The summed E-state index contributed by atoms with van der Waals surface area (Å²) in [6, 6.07) is 2.77. The number of hydrogen-bond acceptors (Lipinski definition) is 4. The molecule has 0 radical (unpaired) electrons. The van der Waals surface area contributed by atoms with Crippen LogP contribution in [0.1, 0.15) is 17.3 Å². The normalized spacial score (nSPS) is 9.88. The molecule has 0 saturated carbocycles. The second-order valence-corrected chi connectivity index (χ2v) is 3.84. The van der Waals surface area contributed by atoms with E-state index in [9.17, 15) is 14.0 Å². The Labute approximate surface area is 106 Å². The summed E-state index contributed by atoms with van der Waals surface area (Å²) in [4.78, 5) is 22.9. The Kier molecular flexibility index (Phi) is 4.62. The maximum Gasteiger partial charge on any atom is 0.379 e. The van der Waals surface area contributed by atoms with Crippen molar-refractivity contribution in [1.82, 2.24) is 0 Å². The molecule has 0 atom stereocenters. The van der Waals surface area contributed by atoms with Crippen molar-refractivity contribution >= 4 is 27.7 Å². The molecule has 1 rings (SSSR count). The van der Waals surface area contributed by atoms with E-state index in [1.807, 2.05) is 0 Å². The summed E-state index contributed by atoms with van der Waals surface area (Å²) >= 11 is 2.93. The number of Topliss-reactive ketones (excluding diaryl/α,β-unsaturated/α-hetero) is 1. The van der Waals surface area contributed by atoms with Crippen molar-refractivity contribution in [2.75, 3.05) is 13.7 Å². The fourth-order valence-corrected chi connectivity index (χ4v) is 1.54. The lowest BCUT2D eigenvalue weighted by molar-refractivity contribution is -0.137. The highest BCUT2D eigenvalue weighted by Gasteiger charge is 2.26. The molecule has 1 aromatic rings. The minimum Gasteiger partial charge on any atom is -0.496 e. The summed E-state index contributed by atoms with van der Waals surface area (Å²) in [6.07, 6.45) is 0. The fourth-order valence-electron chi connectivity index (χ4n) is 1.21. The molecule has 0 aromatic heterocycles. The van der Waals surface area contributed by atoms with E-state index >= 15 is 0 Å². The van der Waals surface area contributed by atoms with Crippen LogP contribution in [0.3, 0.4) is 0 Å². The van der Waals surface area contributed by atoms with E-state index in [0.717, 1.165) is 0 Å². The maximum absolute atomic E-state index is 13.7. The van der Waals surface area contributed by atoms with Gasteiger partial charge in [0.25, 0.3) is 5.78 Å². The topological polar surface area (TPSA) is 52.6 Å². The third kappa shape index (κ3) is 2.82. The van der Waals surface area contributed by atoms with Gasteiger partial charge in [-0.15, -0.1) is 0 Å². The molecule has 0 aliphatic rings. The molecular weight excluding hydrogens is 295 g/mol. The highest BCUT2D eigenvalue weighted by molar-refractivity contribution is 9.10. The van der Waals surface area contributed by atoms with Gasteiger partial charge in [0.15, 0.2) is 5.82 Å². The third-order valence-corrected chi connectivity index (χ3v) is 2.58. The summed E-state index contributed by atoms with van der Waals surface area (Å²) in [5.41, 5.74) is -0.430. The molecule has 6 heteroatoms. The number of rotatable bonds is 4. The molecule has 0 amide bonds. The number of esters is 1. The molecule has 0 heterocycles. The number of halogens is 2. The maximum atomic E-state index is 13.7. The minimum absolute atomic E-state index is 0.0104. The summed E-state index contributed by atoms with van der Waals surface area (Å²) in [5, 5.41) is 0. The molecule has 0 saturated heterocycles. The Morgan fingerprint density at radius 2 is 2.06 bits per heavy atom. The van der Waals surface area contributed by atoms with Crippen molar-refractivity contribution in [3.05, 3.63) is 28.0 Å². The van der Waals surface area contributed by atoms with E-state index in [1.165, 1.54) is 19.2 Å². The molecule has 0 N–H and O–H groups in total. The predicted octanol–water partition coefficient (Wildman–Crippen LogP) is 2.34. The van der Waals surface area contributed by atoms with Crippen molar-refractivity contribution in [3.8, 4) is 5.75 Å². The van der Waals surface area contributed by atoms with Crippen molar-refractivity contribution < 1.29 is 23.5 Å². The second-order valence-electron chi connectivity index (χ2n) is 2.99.